The van der Waals surface area contributed by atoms with Crippen molar-refractivity contribution in [2.24, 2.45) is 5.92 Å². The number of rotatable bonds is 3. The molecule has 2 unspecified atom stereocenters. The molecule has 5 heteroatoms. The number of benzene rings is 1. The number of piperidine rings is 2. The molecule has 3 rings (SSSR count). The van der Waals surface area contributed by atoms with Gasteiger partial charge in [0.25, 0.3) is 0 Å². The van der Waals surface area contributed by atoms with Gasteiger partial charge in [-0.25, -0.2) is 0 Å². The van der Waals surface area contributed by atoms with Gasteiger partial charge in [0.1, 0.15) is 0 Å². The summed E-state index contributed by atoms with van der Waals surface area (Å²) in [5.41, 5.74) is 1.25. The van der Waals surface area contributed by atoms with Crippen molar-refractivity contribution >= 4 is 23.2 Å². The molecule has 0 amide bonds. The normalized spacial score (nSPS) is 26.0. The quantitative estimate of drug-likeness (QED) is 0.882. The zero-order chi connectivity index (χ0) is 15.5. The molecular formula is C17H24Cl2N2O. The minimum absolute atomic E-state index is 0.143. The molecule has 2 heterocycles. The van der Waals surface area contributed by atoms with Gasteiger partial charge in [0.05, 0.1) is 16.1 Å². The van der Waals surface area contributed by atoms with E-state index in [0.717, 1.165) is 39.0 Å². The highest BCUT2D eigenvalue weighted by atomic mass is 35.5. The van der Waals surface area contributed by atoms with Gasteiger partial charge in [-0.1, -0.05) is 29.3 Å². The average molecular weight is 343 g/mol. The summed E-state index contributed by atoms with van der Waals surface area (Å²) in [5, 5.41) is 14.6. The number of likely N-dealkylation sites (tertiary alicyclic amines) is 1. The van der Waals surface area contributed by atoms with Crippen molar-refractivity contribution in [3.05, 3.63) is 33.8 Å². The Morgan fingerprint density at radius 2 is 1.91 bits per heavy atom. The molecule has 1 aromatic carbocycles. The van der Waals surface area contributed by atoms with Crippen LogP contribution in [0.4, 0.5) is 0 Å². The maximum atomic E-state index is 9.79. The Bertz CT molecular complexity index is 497. The molecule has 0 spiro atoms. The van der Waals surface area contributed by atoms with E-state index in [0.29, 0.717) is 22.0 Å². The lowest BCUT2D eigenvalue weighted by atomic mass is 9.85. The van der Waals surface area contributed by atoms with Crippen LogP contribution in [-0.4, -0.2) is 42.3 Å². The monoisotopic (exact) mass is 342 g/mol. The summed E-state index contributed by atoms with van der Waals surface area (Å²) in [6.45, 7) is 4.05. The van der Waals surface area contributed by atoms with Gasteiger partial charge in [0, 0.05) is 19.1 Å². The summed E-state index contributed by atoms with van der Waals surface area (Å²) in [6.07, 6.45) is 4.03. The number of hydrogen-bond acceptors (Lipinski definition) is 3. The van der Waals surface area contributed by atoms with Crippen molar-refractivity contribution in [2.75, 3.05) is 26.2 Å². The standard InChI is InChI=1S/C17H24Cl2N2O/c18-15-4-3-12(10-16(15)19)17(13-2-1-7-20-11-13)21-8-5-14(22)6-9-21/h3-4,10,13-14,17,20,22H,1-2,5-9,11H2. The van der Waals surface area contributed by atoms with Crippen LogP contribution < -0.4 is 5.32 Å². The number of nitrogens with zero attached hydrogens (tertiary/aromatic N) is 1. The number of halogens is 2. The molecular weight excluding hydrogens is 319 g/mol. The number of hydrogen-bond donors (Lipinski definition) is 2. The number of aliphatic hydroxyl groups excluding tert-OH is 1. The van der Waals surface area contributed by atoms with E-state index in [1.165, 1.54) is 18.4 Å². The first-order valence-electron chi connectivity index (χ1n) is 8.23. The first-order valence-corrected chi connectivity index (χ1v) is 8.98. The molecule has 1 aromatic rings. The summed E-state index contributed by atoms with van der Waals surface area (Å²) < 4.78 is 0. The fourth-order valence-electron chi connectivity index (χ4n) is 3.79. The van der Waals surface area contributed by atoms with Crippen LogP contribution in [0.25, 0.3) is 0 Å². The average Bonchev–Trinajstić information content (AvgIpc) is 2.54. The Kier molecular flexibility index (Phi) is 5.64. The Hall–Kier alpha value is -0.320. The van der Waals surface area contributed by atoms with E-state index in [1.807, 2.05) is 12.1 Å². The SMILES string of the molecule is OC1CCN(C(c2ccc(Cl)c(Cl)c2)C2CCCNC2)CC1. The molecule has 2 N–H and O–H groups in total. The van der Waals surface area contributed by atoms with E-state index in [-0.39, 0.29) is 6.10 Å². The van der Waals surface area contributed by atoms with Gasteiger partial charge in [-0.15, -0.1) is 0 Å². The summed E-state index contributed by atoms with van der Waals surface area (Å²) in [6, 6.07) is 6.39. The maximum absolute atomic E-state index is 9.79. The summed E-state index contributed by atoms with van der Waals surface area (Å²) >= 11 is 12.3. The van der Waals surface area contributed by atoms with Gasteiger partial charge in [-0.3, -0.25) is 4.90 Å². The molecule has 0 saturated carbocycles. The zero-order valence-corrected chi connectivity index (χ0v) is 14.3. The number of nitrogens with one attached hydrogen (secondary N) is 1. The molecule has 122 valence electrons. The first kappa shape index (κ1) is 16.5. The Morgan fingerprint density at radius 3 is 2.55 bits per heavy atom. The van der Waals surface area contributed by atoms with Crippen molar-refractivity contribution < 1.29 is 5.11 Å². The third kappa shape index (κ3) is 3.77. The van der Waals surface area contributed by atoms with E-state index in [2.05, 4.69) is 16.3 Å². The van der Waals surface area contributed by atoms with Gasteiger partial charge in [0.2, 0.25) is 0 Å². The van der Waals surface area contributed by atoms with Crippen LogP contribution in [0, 0.1) is 5.92 Å². The predicted molar refractivity (Wildman–Crippen MR) is 91.6 cm³/mol. The van der Waals surface area contributed by atoms with Crippen LogP contribution in [0.1, 0.15) is 37.3 Å². The van der Waals surface area contributed by atoms with Crippen molar-refractivity contribution in [1.82, 2.24) is 10.2 Å². The topological polar surface area (TPSA) is 35.5 Å². The molecule has 0 aromatic heterocycles. The highest BCUT2D eigenvalue weighted by Gasteiger charge is 2.32. The molecule has 22 heavy (non-hydrogen) atoms. The minimum Gasteiger partial charge on any atom is -0.393 e. The van der Waals surface area contributed by atoms with E-state index < -0.39 is 0 Å². The fourth-order valence-corrected chi connectivity index (χ4v) is 4.10. The Balaban J connectivity index is 1.85. The van der Waals surface area contributed by atoms with Crippen LogP contribution >= 0.6 is 23.2 Å². The van der Waals surface area contributed by atoms with Gasteiger partial charge < -0.3 is 10.4 Å². The van der Waals surface area contributed by atoms with E-state index in [4.69, 9.17) is 23.2 Å². The highest BCUT2D eigenvalue weighted by Crippen LogP contribution is 2.37. The molecule has 2 fully saturated rings. The van der Waals surface area contributed by atoms with E-state index in [9.17, 15) is 5.11 Å². The summed E-state index contributed by atoms with van der Waals surface area (Å²) in [5.74, 6) is 0.584. The molecule has 2 aliphatic rings. The molecule has 3 nitrogen and oxygen atoms in total. The smallest absolute Gasteiger partial charge is 0.0595 e. The predicted octanol–water partition coefficient (Wildman–Crippen LogP) is 3.49. The lowest BCUT2D eigenvalue weighted by molar-refractivity contribution is 0.0383. The van der Waals surface area contributed by atoms with Crippen LogP contribution in [-0.2, 0) is 0 Å². The molecule has 2 atom stereocenters. The second-order valence-electron chi connectivity index (χ2n) is 6.49. The lowest BCUT2D eigenvalue weighted by Crippen LogP contribution is -2.45. The van der Waals surface area contributed by atoms with Crippen LogP contribution in [0.3, 0.4) is 0 Å². The van der Waals surface area contributed by atoms with Crippen LogP contribution in [0.5, 0.6) is 0 Å². The largest absolute Gasteiger partial charge is 0.393 e. The molecule has 0 aliphatic carbocycles. The highest BCUT2D eigenvalue weighted by molar-refractivity contribution is 6.42. The second kappa shape index (κ2) is 7.50. The van der Waals surface area contributed by atoms with Crippen molar-refractivity contribution in [2.45, 2.75) is 37.8 Å². The Morgan fingerprint density at radius 1 is 1.14 bits per heavy atom. The van der Waals surface area contributed by atoms with Gasteiger partial charge in [0.15, 0.2) is 0 Å². The van der Waals surface area contributed by atoms with E-state index in [1.54, 1.807) is 0 Å². The molecule has 2 saturated heterocycles. The van der Waals surface area contributed by atoms with E-state index >= 15 is 0 Å². The zero-order valence-electron chi connectivity index (χ0n) is 12.8. The van der Waals surface area contributed by atoms with Gasteiger partial charge in [-0.2, -0.15) is 0 Å². The minimum atomic E-state index is -0.143. The van der Waals surface area contributed by atoms with Gasteiger partial charge in [-0.05, 0) is 62.4 Å². The Labute approximate surface area is 142 Å². The summed E-state index contributed by atoms with van der Waals surface area (Å²) in [4.78, 5) is 2.52. The second-order valence-corrected chi connectivity index (χ2v) is 7.31. The van der Waals surface area contributed by atoms with Crippen LogP contribution in [0.15, 0.2) is 18.2 Å². The van der Waals surface area contributed by atoms with Crippen LogP contribution in [0.2, 0.25) is 10.0 Å². The van der Waals surface area contributed by atoms with Gasteiger partial charge >= 0.3 is 0 Å². The maximum Gasteiger partial charge on any atom is 0.0595 e. The molecule has 0 bridgehead atoms. The third-order valence-corrected chi connectivity index (χ3v) is 5.70. The fraction of sp³-hybridized carbons (Fsp3) is 0.647. The third-order valence-electron chi connectivity index (χ3n) is 4.96. The van der Waals surface area contributed by atoms with Crippen molar-refractivity contribution in [1.29, 1.82) is 0 Å². The number of aliphatic hydroxyl groups is 1. The van der Waals surface area contributed by atoms with Crippen molar-refractivity contribution in [3.8, 4) is 0 Å². The molecule has 2 aliphatic heterocycles. The van der Waals surface area contributed by atoms with Crippen molar-refractivity contribution in [3.63, 3.8) is 0 Å². The molecule has 0 radical (unpaired) electrons. The summed E-state index contributed by atoms with van der Waals surface area (Å²) in [7, 11) is 0. The lowest BCUT2D eigenvalue weighted by Gasteiger charge is -2.42. The first-order chi connectivity index (χ1) is 10.6.